The molecular formula is C34H39N3O7. The summed E-state index contributed by atoms with van der Waals surface area (Å²) >= 11 is 0. The van der Waals surface area contributed by atoms with Gasteiger partial charge < -0.3 is 23.8 Å². The zero-order valence-corrected chi connectivity index (χ0v) is 25.8. The molecule has 5 rings (SSSR count). The first-order valence-corrected chi connectivity index (χ1v) is 15.1. The van der Waals surface area contributed by atoms with Gasteiger partial charge in [-0.3, -0.25) is 19.9 Å². The van der Waals surface area contributed by atoms with Crippen molar-refractivity contribution in [2.24, 2.45) is 4.99 Å². The Balaban J connectivity index is 1.06. The van der Waals surface area contributed by atoms with Gasteiger partial charge in [0.25, 0.3) is 5.91 Å². The highest BCUT2D eigenvalue weighted by Gasteiger charge is 2.32. The van der Waals surface area contributed by atoms with Crippen molar-refractivity contribution in [3.63, 3.8) is 0 Å². The molecule has 1 amide bonds. The van der Waals surface area contributed by atoms with Gasteiger partial charge >= 0.3 is 5.69 Å². The van der Waals surface area contributed by atoms with E-state index < -0.39 is 4.92 Å². The molecular weight excluding hydrogens is 562 g/mol. The van der Waals surface area contributed by atoms with Gasteiger partial charge in [-0.05, 0) is 100 Å². The molecule has 3 aromatic carbocycles. The number of aliphatic imine (C=N–C) groups is 1. The van der Waals surface area contributed by atoms with Crippen LogP contribution in [0.15, 0.2) is 47.5 Å². The van der Waals surface area contributed by atoms with Crippen molar-refractivity contribution in [3.05, 3.63) is 74.8 Å². The van der Waals surface area contributed by atoms with Gasteiger partial charge in [-0.25, -0.2) is 0 Å². The van der Waals surface area contributed by atoms with Crippen LogP contribution in [-0.4, -0.2) is 54.9 Å². The lowest BCUT2D eigenvalue weighted by atomic mass is 10.1. The number of fused-ring (bicyclic) bond motifs is 2. The van der Waals surface area contributed by atoms with E-state index >= 15 is 0 Å². The normalized spacial score (nSPS) is 15.4. The Hall–Kier alpha value is -4.60. The zero-order valence-electron chi connectivity index (χ0n) is 25.8. The van der Waals surface area contributed by atoms with E-state index in [9.17, 15) is 14.9 Å². The zero-order chi connectivity index (χ0) is 31.2. The number of aryl methyl sites for hydroxylation is 2. The maximum atomic E-state index is 13.0. The minimum atomic E-state index is -0.473. The number of hydrogen-bond donors (Lipinski definition) is 0. The minimum Gasteiger partial charge on any atom is -0.496 e. The molecule has 1 atom stereocenters. The smallest absolute Gasteiger partial charge is 0.315 e. The predicted octanol–water partition coefficient (Wildman–Crippen LogP) is 7.66. The molecule has 0 spiro atoms. The summed E-state index contributed by atoms with van der Waals surface area (Å²) < 4.78 is 23.1. The third-order valence-electron chi connectivity index (χ3n) is 8.20. The van der Waals surface area contributed by atoms with Gasteiger partial charge in [0.05, 0.1) is 48.6 Å². The number of carbonyl (C=O) groups is 1. The first kappa shape index (κ1) is 30.8. The fourth-order valence-corrected chi connectivity index (χ4v) is 5.57. The van der Waals surface area contributed by atoms with Crippen LogP contribution in [0.4, 0.5) is 11.4 Å². The fraction of sp³-hybridized carbons (Fsp3) is 0.412. The number of nitrogens with zero attached hydrogens (tertiary/aromatic N) is 3. The summed E-state index contributed by atoms with van der Waals surface area (Å²) in [5.74, 6) is 2.48. The molecule has 232 valence electrons. The number of benzene rings is 3. The number of unbranched alkanes of at least 4 members (excludes halogenated alkanes) is 3. The van der Waals surface area contributed by atoms with Gasteiger partial charge in [-0.15, -0.1) is 0 Å². The Morgan fingerprint density at radius 3 is 2.43 bits per heavy atom. The monoisotopic (exact) mass is 601 g/mol. The molecule has 0 aliphatic carbocycles. The Morgan fingerprint density at radius 1 is 0.909 bits per heavy atom. The van der Waals surface area contributed by atoms with E-state index in [1.807, 2.05) is 50.1 Å². The van der Waals surface area contributed by atoms with E-state index in [0.717, 1.165) is 67.5 Å². The molecule has 10 heteroatoms. The highest BCUT2D eigenvalue weighted by atomic mass is 16.6. The molecule has 3 aromatic rings. The summed E-state index contributed by atoms with van der Waals surface area (Å²) in [5.41, 5.74) is 4.03. The van der Waals surface area contributed by atoms with Gasteiger partial charge in [0.15, 0.2) is 0 Å². The average Bonchev–Trinajstić information content (AvgIpc) is 3.44. The topological polar surface area (TPSA) is 113 Å². The van der Waals surface area contributed by atoms with Crippen molar-refractivity contribution >= 4 is 23.5 Å². The summed E-state index contributed by atoms with van der Waals surface area (Å²) in [6.07, 6.45) is 7.43. The van der Waals surface area contributed by atoms with Crippen LogP contribution in [0.2, 0.25) is 0 Å². The van der Waals surface area contributed by atoms with Crippen LogP contribution in [-0.2, 0) is 0 Å². The molecule has 2 heterocycles. The molecule has 2 aliphatic heterocycles. The molecule has 0 unspecified atom stereocenters. The van der Waals surface area contributed by atoms with Crippen LogP contribution in [0.5, 0.6) is 28.7 Å². The Bertz CT molecular complexity index is 1570. The lowest BCUT2D eigenvalue weighted by molar-refractivity contribution is -0.385. The van der Waals surface area contributed by atoms with Crippen molar-refractivity contribution in [2.45, 2.75) is 65.3 Å². The van der Waals surface area contributed by atoms with E-state index in [-0.39, 0.29) is 23.4 Å². The second-order valence-electron chi connectivity index (χ2n) is 11.3. The van der Waals surface area contributed by atoms with Crippen molar-refractivity contribution in [1.29, 1.82) is 0 Å². The number of methoxy groups -OCH3 is 1. The number of nitro groups is 1. The number of ether oxygens (including phenoxy) is 4. The largest absolute Gasteiger partial charge is 0.496 e. The number of hydrogen-bond acceptors (Lipinski definition) is 8. The van der Waals surface area contributed by atoms with Crippen LogP contribution in [0.3, 0.4) is 0 Å². The number of amides is 1. The maximum absolute atomic E-state index is 13.0. The van der Waals surface area contributed by atoms with Crippen molar-refractivity contribution in [1.82, 2.24) is 4.90 Å². The van der Waals surface area contributed by atoms with Crippen molar-refractivity contribution in [3.8, 4) is 28.7 Å². The standard InChI is InChI=1S/C34H39N3O7/c1-22-16-27(19-33(41-4)24(22)3)44-31-12-11-26(18-30(31)37(39)40)42-14-7-5-6-8-15-43-32-20-29-28(17-23(32)2)34(38)36-13-9-10-25(36)21-35-29/h11-12,16-21,25H,5-10,13-15H2,1-4H3/t25-/m0/s1. The van der Waals surface area contributed by atoms with Crippen molar-refractivity contribution < 1.29 is 28.7 Å². The molecule has 0 saturated carbocycles. The summed E-state index contributed by atoms with van der Waals surface area (Å²) in [6.45, 7) is 7.62. The quantitative estimate of drug-likeness (QED) is 0.112. The molecule has 0 aromatic heterocycles. The lowest BCUT2D eigenvalue weighted by Gasteiger charge is -2.20. The Morgan fingerprint density at radius 2 is 1.68 bits per heavy atom. The third kappa shape index (κ3) is 6.96. The molecule has 0 N–H and O–H groups in total. The summed E-state index contributed by atoms with van der Waals surface area (Å²) in [6, 6.07) is 12.0. The molecule has 1 saturated heterocycles. The molecule has 0 radical (unpaired) electrons. The molecule has 10 nitrogen and oxygen atoms in total. The van der Waals surface area contributed by atoms with Gasteiger partial charge in [-0.1, -0.05) is 0 Å². The highest BCUT2D eigenvalue weighted by molar-refractivity contribution is 6.03. The van der Waals surface area contributed by atoms with Crippen LogP contribution >= 0.6 is 0 Å². The van der Waals surface area contributed by atoms with E-state index in [2.05, 4.69) is 4.99 Å². The number of nitro benzene ring substituents is 1. The molecule has 44 heavy (non-hydrogen) atoms. The van der Waals surface area contributed by atoms with E-state index in [1.165, 1.54) is 6.07 Å². The van der Waals surface area contributed by atoms with E-state index in [4.69, 9.17) is 18.9 Å². The van der Waals surface area contributed by atoms with Crippen LogP contribution in [0.25, 0.3) is 0 Å². The minimum absolute atomic E-state index is 0.0501. The Kier molecular flexibility index (Phi) is 9.67. The second kappa shape index (κ2) is 13.8. The van der Waals surface area contributed by atoms with E-state index in [0.29, 0.717) is 41.7 Å². The fourth-order valence-electron chi connectivity index (χ4n) is 5.57. The molecule has 0 bridgehead atoms. The van der Waals surface area contributed by atoms with E-state index in [1.54, 1.807) is 25.3 Å². The third-order valence-corrected chi connectivity index (χ3v) is 8.20. The first-order valence-electron chi connectivity index (χ1n) is 15.1. The number of carbonyl (C=O) groups excluding carboxylic acids is 1. The Labute approximate surface area is 257 Å². The van der Waals surface area contributed by atoms with Gasteiger partial charge in [0.2, 0.25) is 5.75 Å². The van der Waals surface area contributed by atoms with Crippen LogP contribution in [0, 0.1) is 30.9 Å². The van der Waals surface area contributed by atoms with Crippen molar-refractivity contribution in [2.75, 3.05) is 26.9 Å². The first-order chi connectivity index (χ1) is 21.2. The lowest BCUT2D eigenvalue weighted by Crippen LogP contribution is -2.35. The number of rotatable bonds is 13. The van der Waals surface area contributed by atoms with Gasteiger partial charge in [0.1, 0.15) is 23.0 Å². The van der Waals surface area contributed by atoms with Gasteiger partial charge in [-0.2, -0.15) is 0 Å². The second-order valence-corrected chi connectivity index (χ2v) is 11.3. The summed E-state index contributed by atoms with van der Waals surface area (Å²) in [4.78, 5) is 30.8. The maximum Gasteiger partial charge on any atom is 0.315 e. The summed E-state index contributed by atoms with van der Waals surface area (Å²) in [7, 11) is 1.58. The molecule has 1 fully saturated rings. The highest BCUT2D eigenvalue weighted by Crippen LogP contribution is 2.37. The summed E-state index contributed by atoms with van der Waals surface area (Å²) in [5, 5.41) is 11.8. The van der Waals surface area contributed by atoms with Gasteiger partial charge in [0, 0.05) is 24.9 Å². The predicted molar refractivity (Wildman–Crippen MR) is 168 cm³/mol. The van der Waals surface area contributed by atoms with Crippen LogP contribution < -0.4 is 18.9 Å². The van der Waals surface area contributed by atoms with Crippen LogP contribution in [0.1, 0.15) is 65.6 Å². The average molecular weight is 602 g/mol. The SMILES string of the molecule is COc1cc(Oc2ccc(OCCCCCCOc3cc4c(cc3C)C(=O)N3CCC[C@H]3C=N4)cc2[N+](=O)[O-])cc(C)c1C. The molecule has 2 aliphatic rings.